The lowest BCUT2D eigenvalue weighted by Crippen LogP contribution is -2.22. The number of aromatic nitrogens is 2. The minimum absolute atomic E-state index is 0.168. The Balaban J connectivity index is 2.06. The summed E-state index contributed by atoms with van der Waals surface area (Å²) in [5.41, 5.74) is 3.80. The molecule has 0 radical (unpaired) electrons. The third-order valence-electron chi connectivity index (χ3n) is 4.43. The molecule has 3 nitrogen and oxygen atoms in total. The van der Waals surface area contributed by atoms with Gasteiger partial charge in [0.15, 0.2) is 0 Å². The number of aryl methyl sites for hydroxylation is 1. The Morgan fingerprint density at radius 1 is 0.815 bits per heavy atom. The van der Waals surface area contributed by atoms with Crippen LogP contribution in [-0.4, -0.2) is 9.55 Å². The Bertz CT molecular complexity index is 1130. The van der Waals surface area contributed by atoms with Gasteiger partial charge in [0.2, 0.25) is 0 Å². The number of para-hydroxylation sites is 1. The van der Waals surface area contributed by atoms with Gasteiger partial charge in [0.25, 0.3) is 5.56 Å². The summed E-state index contributed by atoms with van der Waals surface area (Å²) in [6.07, 6.45) is 0. The fourth-order valence-electron chi connectivity index (χ4n) is 3.14. The summed E-state index contributed by atoms with van der Waals surface area (Å²) < 4.78 is 1.60. The van der Waals surface area contributed by atoms with Gasteiger partial charge in [0.05, 0.1) is 16.4 Å². The highest BCUT2D eigenvalue weighted by Crippen LogP contribution is 2.28. The van der Waals surface area contributed by atoms with Crippen molar-refractivity contribution in [2.24, 2.45) is 0 Å². The average molecular weight is 373 g/mol. The Labute approximate surface area is 162 Å². The molecule has 1 aromatic heterocycles. The number of hydrogen-bond donors (Lipinski definition) is 0. The number of benzene rings is 3. The van der Waals surface area contributed by atoms with Crippen molar-refractivity contribution in [2.45, 2.75) is 6.92 Å². The van der Waals surface area contributed by atoms with E-state index >= 15 is 0 Å². The van der Waals surface area contributed by atoms with E-state index in [0.717, 1.165) is 16.7 Å². The van der Waals surface area contributed by atoms with Crippen LogP contribution in [0.3, 0.4) is 0 Å². The Morgan fingerprint density at radius 3 is 2.07 bits per heavy atom. The van der Waals surface area contributed by atoms with Crippen LogP contribution >= 0.6 is 11.6 Å². The van der Waals surface area contributed by atoms with Crippen LogP contribution in [-0.2, 0) is 0 Å². The molecule has 0 spiro atoms. The van der Waals surface area contributed by atoms with E-state index in [0.29, 0.717) is 22.2 Å². The molecule has 0 unspecified atom stereocenters. The van der Waals surface area contributed by atoms with Crippen molar-refractivity contribution in [3.8, 4) is 28.3 Å². The smallest absolute Gasteiger partial charge is 0.258 e. The zero-order valence-electron chi connectivity index (χ0n) is 14.8. The van der Waals surface area contributed by atoms with Gasteiger partial charge in [-0.05, 0) is 18.6 Å². The molecular formula is C23H17ClN2O. The highest BCUT2D eigenvalue weighted by Gasteiger charge is 2.17. The van der Waals surface area contributed by atoms with Gasteiger partial charge < -0.3 is 0 Å². The fraction of sp³-hybridized carbons (Fsp3) is 0.0435. The summed E-state index contributed by atoms with van der Waals surface area (Å²) in [5.74, 6) is 0.568. The first kappa shape index (κ1) is 17.3. The molecule has 0 aliphatic rings. The summed E-state index contributed by atoms with van der Waals surface area (Å²) in [5, 5.41) is 0.517. The minimum Gasteiger partial charge on any atom is -0.269 e. The van der Waals surface area contributed by atoms with Crippen molar-refractivity contribution in [1.29, 1.82) is 0 Å². The highest BCUT2D eigenvalue weighted by molar-refractivity contribution is 6.32. The van der Waals surface area contributed by atoms with Gasteiger partial charge in [0, 0.05) is 17.2 Å². The van der Waals surface area contributed by atoms with Crippen LogP contribution < -0.4 is 5.56 Å². The molecule has 0 aliphatic carbocycles. The monoisotopic (exact) mass is 372 g/mol. The van der Waals surface area contributed by atoms with Gasteiger partial charge >= 0.3 is 0 Å². The second-order valence-corrected chi connectivity index (χ2v) is 6.68. The molecule has 0 amide bonds. The van der Waals surface area contributed by atoms with Crippen LogP contribution in [0.2, 0.25) is 5.02 Å². The van der Waals surface area contributed by atoms with Crippen LogP contribution in [0.4, 0.5) is 0 Å². The molecule has 0 saturated carbocycles. The quantitative estimate of drug-likeness (QED) is 0.474. The second kappa shape index (κ2) is 7.22. The van der Waals surface area contributed by atoms with Crippen molar-refractivity contribution in [3.63, 3.8) is 0 Å². The second-order valence-electron chi connectivity index (χ2n) is 6.28. The molecule has 0 bridgehead atoms. The SMILES string of the molecule is Cc1cccc(Cl)c1-n1c(-c2ccccc2)nc(-c2ccccc2)cc1=O. The van der Waals surface area contributed by atoms with E-state index in [9.17, 15) is 4.79 Å². The van der Waals surface area contributed by atoms with E-state index in [2.05, 4.69) is 0 Å². The van der Waals surface area contributed by atoms with E-state index in [1.54, 1.807) is 16.7 Å². The van der Waals surface area contributed by atoms with Gasteiger partial charge in [0.1, 0.15) is 5.82 Å². The topological polar surface area (TPSA) is 34.9 Å². The van der Waals surface area contributed by atoms with E-state index in [4.69, 9.17) is 16.6 Å². The average Bonchev–Trinajstić information content (AvgIpc) is 2.70. The van der Waals surface area contributed by atoms with Gasteiger partial charge in [-0.3, -0.25) is 9.36 Å². The van der Waals surface area contributed by atoms with Crippen LogP contribution in [0.25, 0.3) is 28.3 Å². The Kier molecular flexibility index (Phi) is 4.61. The highest BCUT2D eigenvalue weighted by atomic mass is 35.5. The molecular weight excluding hydrogens is 356 g/mol. The van der Waals surface area contributed by atoms with Crippen molar-refractivity contribution in [2.75, 3.05) is 0 Å². The van der Waals surface area contributed by atoms with Crippen molar-refractivity contribution in [3.05, 3.63) is 106 Å². The van der Waals surface area contributed by atoms with E-state index in [1.807, 2.05) is 79.7 Å². The number of hydrogen-bond acceptors (Lipinski definition) is 2. The predicted molar refractivity (Wildman–Crippen MR) is 110 cm³/mol. The largest absolute Gasteiger partial charge is 0.269 e. The van der Waals surface area contributed by atoms with E-state index in [-0.39, 0.29) is 5.56 Å². The van der Waals surface area contributed by atoms with Crippen LogP contribution in [0.1, 0.15) is 5.56 Å². The summed E-state index contributed by atoms with van der Waals surface area (Å²) in [6, 6.07) is 26.5. The first-order valence-corrected chi connectivity index (χ1v) is 9.03. The number of halogens is 1. The van der Waals surface area contributed by atoms with Crippen LogP contribution in [0, 0.1) is 6.92 Å². The molecule has 4 aromatic rings. The Hall–Kier alpha value is -3.17. The molecule has 1 heterocycles. The molecule has 0 saturated heterocycles. The lowest BCUT2D eigenvalue weighted by molar-refractivity contribution is 0.943. The van der Waals surface area contributed by atoms with E-state index in [1.165, 1.54) is 0 Å². The summed E-state index contributed by atoms with van der Waals surface area (Å²) >= 11 is 6.46. The molecule has 3 aromatic carbocycles. The predicted octanol–water partition coefficient (Wildman–Crippen LogP) is 5.53. The summed E-state index contributed by atoms with van der Waals surface area (Å²) in [7, 11) is 0. The molecule has 4 rings (SSSR count). The first-order valence-electron chi connectivity index (χ1n) is 8.65. The lowest BCUT2D eigenvalue weighted by atomic mass is 10.1. The van der Waals surface area contributed by atoms with Crippen molar-refractivity contribution >= 4 is 11.6 Å². The molecule has 0 aliphatic heterocycles. The van der Waals surface area contributed by atoms with Gasteiger partial charge in [-0.2, -0.15) is 0 Å². The minimum atomic E-state index is -0.168. The Morgan fingerprint density at radius 2 is 1.44 bits per heavy atom. The van der Waals surface area contributed by atoms with E-state index < -0.39 is 0 Å². The first-order chi connectivity index (χ1) is 13.1. The molecule has 27 heavy (non-hydrogen) atoms. The maximum Gasteiger partial charge on any atom is 0.258 e. The lowest BCUT2D eigenvalue weighted by Gasteiger charge is -2.17. The molecule has 132 valence electrons. The van der Waals surface area contributed by atoms with Gasteiger partial charge in [-0.1, -0.05) is 84.4 Å². The molecule has 4 heteroatoms. The van der Waals surface area contributed by atoms with Crippen LogP contribution in [0.5, 0.6) is 0 Å². The molecule has 0 fully saturated rings. The maximum absolute atomic E-state index is 13.2. The number of rotatable bonds is 3. The standard InChI is InChI=1S/C23H17ClN2O/c1-16-9-8-14-19(24)22(16)26-21(27)15-20(17-10-4-2-5-11-17)25-23(26)18-12-6-3-7-13-18/h2-15H,1H3. The third kappa shape index (κ3) is 3.29. The third-order valence-corrected chi connectivity index (χ3v) is 4.74. The summed E-state index contributed by atoms with van der Waals surface area (Å²) in [6.45, 7) is 1.94. The van der Waals surface area contributed by atoms with Gasteiger partial charge in [-0.25, -0.2) is 4.98 Å². The van der Waals surface area contributed by atoms with Crippen LogP contribution in [0.15, 0.2) is 89.7 Å². The normalized spacial score (nSPS) is 10.7. The van der Waals surface area contributed by atoms with Gasteiger partial charge in [-0.15, -0.1) is 0 Å². The zero-order chi connectivity index (χ0) is 18.8. The number of nitrogens with zero attached hydrogens (tertiary/aromatic N) is 2. The van der Waals surface area contributed by atoms with Crippen molar-refractivity contribution < 1.29 is 0 Å². The molecule has 0 atom stereocenters. The fourth-order valence-corrected chi connectivity index (χ4v) is 3.45. The maximum atomic E-state index is 13.2. The zero-order valence-corrected chi connectivity index (χ0v) is 15.5. The van der Waals surface area contributed by atoms with Crippen molar-refractivity contribution in [1.82, 2.24) is 9.55 Å². The molecule has 0 N–H and O–H groups in total. The summed E-state index contributed by atoms with van der Waals surface area (Å²) in [4.78, 5) is 18.0.